The third-order valence-corrected chi connectivity index (χ3v) is 5.87. The molecule has 7 nitrogen and oxygen atoms in total. The average Bonchev–Trinajstić information content (AvgIpc) is 3.08. The predicted molar refractivity (Wildman–Crippen MR) is 95.4 cm³/mol. The monoisotopic (exact) mass is 357 g/mol. The van der Waals surface area contributed by atoms with E-state index in [4.69, 9.17) is 0 Å². The van der Waals surface area contributed by atoms with Crippen LogP contribution in [0.25, 0.3) is 5.82 Å². The van der Waals surface area contributed by atoms with E-state index in [2.05, 4.69) is 19.8 Å². The molecule has 0 atom stereocenters. The number of rotatable bonds is 4. The molecule has 3 aromatic rings. The standard InChI is InChI=1S/C17H19N5O2S/c1-11-7-12(2)14(4)17(13(11)3)25(23,24)21-15-5-6-16(19-8-15)22-10-18-9-20-22/h5-10,21H,1-4H3. The molecule has 0 aliphatic carbocycles. The van der Waals surface area contributed by atoms with Crippen molar-refractivity contribution in [1.82, 2.24) is 19.7 Å². The van der Waals surface area contributed by atoms with E-state index in [1.54, 1.807) is 12.1 Å². The number of aryl methyl sites for hydroxylation is 2. The topological polar surface area (TPSA) is 89.8 Å². The molecule has 3 rings (SSSR count). The van der Waals surface area contributed by atoms with Crippen molar-refractivity contribution in [1.29, 1.82) is 0 Å². The highest BCUT2D eigenvalue weighted by atomic mass is 32.2. The first-order valence-corrected chi connectivity index (χ1v) is 9.19. The average molecular weight is 357 g/mol. The second-order valence-corrected chi connectivity index (χ2v) is 7.56. The normalized spacial score (nSPS) is 11.5. The van der Waals surface area contributed by atoms with Crippen LogP contribution < -0.4 is 4.72 Å². The Morgan fingerprint density at radius 2 is 1.72 bits per heavy atom. The second-order valence-electron chi connectivity index (χ2n) is 5.94. The van der Waals surface area contributed by atoms with Crippen LogP contribution in [0.1, 0.15) is 22.3 Å². The van der Waals surface area contributed by atoms with Crippen LogP contribution in [-0.2, 0) is 10.0 Å². The molecule has 0 fully saturated rings. The van der Waals surface area contributed by atoms with Crippen molar-refractivity contribution in [2.24, 2.45) is 0 Å². The van der Waals surface area contributed by atoms with Crippen LogP contribution in [-0.4, -0.2) is 28.2 Å². The van der Waals surface area contributed by atoms with Gasteiger partial charge in [-0.3, -0.25) is 4.72 Å². The summed E-state index contributed by atoms with van der Waals surface area (Å²) in [7, 11) is -3.71. The predicted octanol–water partition coefficient (Wildman–Crippen LogP) is 2.70. The lowest BCUT2D eigenvalue weighted by Crippen LogP contribution is -2.17. The van der Waals surface area contributed by atoms with Crippen LogP contribution >= 0.6 is 0 Å². The summed E-state index contributed by atoms with van der Waals surface area (Å²) in [4.78, 5) is 8.39. The second kappa shape index (κ2) is 6.29. The first kappa shape index (κ1) is 17.1. The fourth-order valence-electron chi connectivity index (χ4n) is 2.70. The zero-order chi connectivity index (χ0) is 18.2. The molecule has 0 saturated carbocycles. The van der Waals surface area contributed by atoms with Crippen LogP contribution in [0.5, 0.6) is 0 Å². The molecule has 8 heteroatoms. The van der Waals surface area contributed by atoms with E-state index in [1.807, 2.05) is 33.8 Å². The summed E-state index contributed by atoms with van der Waals surface area (Å²) < 4.78 is 29.9. The third-order valence-electron chi connectivity index (χ3n) is 4.22. The molecule has 2 heterocycles. The molecule has 0 bridgehead atoms. The zero-order valence-corrected chi connectivity index (χ0v) is 15.3. The van der Waals surface area contributed by atoms with Gasteiger partial charge in [0.05, 0.1) is 16.8 Å². The fraction of sp³-hybridized carbons (Fsp3) is 0.235. The van der Waals surface area contributed by atoms with Crippen LogP contribution in [0.2, 0.25) is 0 Å². The molecular weight excluding hydrogens is 338 g/mol. The summed E-state index contributed by atoms with van der Waals surface area (Å²) in [6.07, 6.45) is 4.39. The molecular formula is C17H19N5O2S. The lowest BCUT2D eigenvalue weighted by atomic mass is 10.0. The Morgan fingerprint density at radius 1 is 1.04 bits per heavy atom. The molecule has 1 N–H and O–H groups in total. The first-order chi connectivity index (χ1) is 11.8. The molecule has 0 aliphatic rings. The maximum Gasteiger partial charge on any atom is 0.262 e. The van der Waals surface area contributed by atoms with Crippen molar-refractivity contribution in [2.45, 2.75) is 32.6 Å². The number of hydrogen-bond acceptors (Lipinski definition) is 5. The molecule has 0 aliphatic heterocycles. The SMILES string of the molecule is Cc1cc(C)c(C)c(S(=O)(=O)Nc2ccc(-n3cncn3)nc2)c1C. The van der Waals surface area contributed by atoms with Crippen molar-refractivity contribution in [3.05, 3.63) is 59.3 Å². The number of benzene rings is 1. The summed E-state index contributed by atoms with van der Waals surface area (Å²) in [5.41, 5.74) is 3.79. The smallest absolute Gasteiger partial charge is 0.262 e. The van der Waals surface area contributed by atoms with Gasteiger partial charge < -0.3 is 0 Å². The van der Waals surface area contributed by atoms with Gasteiger partial charge in [-0.05, 0) is 62.1 Å². The first-order valence-electron chi connectivity index (χ1n) is 7.71. The molecule has 0 amide bonds. The lowest BCUT2D eigenvalue weighted by molar-refractivity contribution is 0.599. The number of sulfonamides is 1. The largest absolute Gasteiger partial charge is 0.278 e. The molecule has 25 heavy (non-hydrogen) atoms. The highest BCUT2D eigenvalue weighted by Crippen LogP contribution is 2.27. The molecule has 0 radical (unpaired) electrons. The number of nitrogens with one attached hydrogen (secondary N) is 1. The van der Waals surface area contributed by atoms with E-state index < -0.39 is 10.0 Å². The minimum Gasteiger partial charge on any atom is -0.278 e. The van der Waals surface area contributed by atoms with Crippen molar-refractivity contribution in [3.63, 3.8) is 0 Å². The quantitative estimate of drug-likeness (QED) is 0.775. The minimum absolute atomic E-state index is 0.324. The number of nitrogens with zero attached hydrogens (tertiary/aromatic N) is 4. The molecule has 1 aromatic carbocycles. The summed E-state index contributed by atoms with van der Waals surface area (Å²) >= 11 is 0. The van der Waals surface area contributed by atoms with Crippen LogP contribution in [0.3, 0.4) is 0 Å². The number of pyridine rings is 1. The van der Waals surface area contributed by atoms with Gasteiger partial charge in [-0.2, -0.15) is 5.10 Å². The van der Waals surface area contributed by atoms with E-state index in [1.165, 1.54) is 23.5 Å². The summed E-state index contributed by atoms with van der Waals surface area (Å²) in [5.74, 6) is 0.555. The van der Waals surface area contributed by atoms with Gasteiger partial charge in [-0.15, -0.1) is 0 Å². The number of anilines is 1. The van der Waals surface area contributed by atoms with Crippen LogP contribution in [0, 0.1) is 27.7 Å². The Bertz CT molecular complexity index is 984. The van der Waals surface area contributed by atoms with Crippen molar-refractivity contribution >= 4 is 15.7 Å². The van der Waals surface area contributed by atoms with E-state index >= 15 is 0 Å². The van der Waals surface area contributed by atoms with E-state index in [0.717, 1.165) is 22.3 Å². The number of hydrogen-bond donors (Lipinski definition) is 1. The van der Waals surface area contributed by atoms with E-state index in [-0.39, 0.29) is 0 Å². The maximum atomic E-state index is 12.9. The Balaban J connectivity index is 1.95. The van der Waals surface area contributed by atoms with Crippen LogP contribution in [0.15, 0.2) is 41.9 Å². The Hall–Kier alpha value is -2.74. The van der Waals surface area contributed by atoms with E-state index in [9.17, 15) is 8.42 Å². The Kier molecular flexibility index (Phi) is 4.30. The zero-order valence-electron chi connectivity index (χ0n) is 14.5. The van der Waals surface area contributed by atoms with Gasteiger partial charge in [0.1, 0.15) is 12.7 Å². The van der Waals surface area contributed by atoms with Gasteiger partial charge in [0.2, 0.25) is 0 Å². The van der Waals surface area contributed by atoms with Crippen molar-refractivity contribution in [2.75, 3.05) is 4.72 Å². The fourth-order valence-corrected chi connectivity index (χ4v) is 4.36. The van der Waals surface area contributed by atoms with Crippen LogP contribution in [0.4, 0.5) is 5.69 Å². The van der Waals surface area contributed by atoms with Gasteiger partial charge in [0.15, 0.2) is 5.82 Å². The molecule has 0 spiro atoms. The summed E-state index contributed by atoms with van der Waals surface area (Å²) in [5, 5.41) is 3.99. The van der Waals surface area contributed by atoms with Crippen molar-refractivity contribution in [3.8, 4) is 5.82 Å². The summed E-state index contributed by atoms with van der Waals surface area (Å²) in [6.45, 7) is 7.47. The highest BCUT2D eigenvalue weighted by Gasteiger charge is 2.22. The molecule has 2 aromatic heterocycles. The minimum atomic E-state index is -3.71. The lowest BCUT2D eigenvalue weighted by Gasteiger charge is -2.16. The van der Waals surface area contributed by atoms with Gasteiger partial charge in [0, 0.05) is 0 Å². The number of aromatic nitrogens is 4. The Morgan fingerprint density at radius 3 is 2.24 bits per heavy atom. The summed E-state index contributed by atoms with van der Waals surface area (Å²) in [6, 6.07) is 5.32. The highest BCUT2D eigenvalue weighted by molar-refractivity contribution is 7.92. The maximum absolute atomic E-state index is 12.9. The van der Waals surface area contributed by atoms with Gasteiger partial charge in [-0.25, -0.2) is 23.1 Å². The molecule has 0 unspecified atom stereocenters. The van der Waals surface area contributed by atoms with Gasteiger partial charge in [0.25, 0.3) is 10.0 Å². The van der Waals surface area contributed by atoms with E-state index in [0.29, 0.717) is 16.4 Å². The van der Waals surface area contributed by atoms with Gasteiger partial charge in [-0.1, -0.05) is 6.07 Å². The third kappa shape index (κ3) is 3.25. The Labute approximate surface area is 146 Å². The molecule has 0 saturated heterocycles. The van der Waals surface area contributed by atoms with Gasteiger partial charge >= 0.3 is 0 Å². The molecule has 130 valence electrons. The van der Waals surface area contributed by atoms with Crippen molar-refractivity contribution < 1.29 is 8.42 Å².